The first-order valence-electron chi connectivity index (χ1n) is 3.81. The zero-order valence-corrected chi connectivity index (χ0v) is 6.88. The van der Waals surface area contributed by atoms with Gasteiger partial charge in [-0.3, -0.25) is 0 Å². The Balaban J connectivity index is 2.74. The second-order valence-corrected chi connectivity index (χ2v) is 2.58. The van der Waals surface area contributed by atoms with Crippen molar-refractivity contribution in [3.63, 3.8) is 0 Å². The summed E-state index contributed by atoms with van der Waals surface area (Å²) in [5.74, 6) is 5.19. The van der Waals surface area contributed by atoms with E-state index in [2.05, 4.69) is 11.8 Å². The second kappa shape index (κ2) is 4.27. The van der Waals surface area contributed by atoms with Gasteiger partial charge in [0.25, 0.3) is 0 Å². The summed E-state index contributed by atoms with van der Waals surface area (Å²) in [6, 6.07) is 8.08. The molecular formula is C12H10. The highest BCUT2D eigenvalue weighted by atomic mass is 13.9. The Bertz CT molecular complexity index is 282. The normalized spacial score (nSPS) is 8.50. The summed E-state index contributed by atoms with van der Waals surface area (Å²) < 4.78 is 0. The van der Waals surface area contributed by atoms with Gasteiger partial charge in [-0.2, -0.15) is 0 Å². The maximum atomic E-state index is 5.17. The maximum absolute atomic E-state index is 5.17. The molecule has 0 unspecified atom stereocenters. The Kier molecular flexibility index (Phi) is 3.00. The zero-order chi connectivity index (χ0) is 8.81. The molecule has 0 fully saturated rings. The molecule has 0 bridgehead atoms. The van der Waals surface area contributed by atoms with Crippen molar-refractivity contribution in [1.82, 2.24) is 0 Å². The molecule has 0 nitrogen and oxygen atoms in total. The van der Waals surface area contributed by atoms with Gasteiger partial charge < -0.3 is 0 Å². The van der Waals surface area contributed by atoms with E-state index >= 15 is 0 Å². The summed E-state index contributed by atoms with van der Waals surface area (Å²) in [7, 11) is 0. The highest BCUT2D eigenvalue weighted by Gasteiger charge is 1.90. The van der Waals surface area contributed by atoms with Crippen LogP contribution in [0.5, 0.6) is 0 Å². The summed E-state index contributed by atoms with van der Waals surface area (Å²) >= 11 is 0. The summed E-state index contributed by atoms with van der Waals surface area (Å²) in [5, 5.41) is 0. The van der Waals surface area contributed by atoms with Crippen molar-refractivity contribution in [2.75, 3.05) is 0 Å². The molecule has 1 aromatic rings. The van der Waals surface area contributed by atoms with Crippen LogP contribution < -0.4 is 0 Å². The molecule has 0 saturated heterocycles. The monoisotopic (exact) mass is 154 g/mol. The predicted octanol–water partition coefficient (Wildman–Crippen LogP) is 2.04. The summed E-state index contributed by atoms with van der Waals surface area (Å²) in [4.78, 5) is 0. The van der Waals surface area contributed by atoms with E-state index in [1.807, 2.05) is 24.3 Å². The van der Waals surface area contributed by atoms with Crippen LogP contribution >= 0.6 is 0 Å². The molecule has 12 heavy (non-hydrogen) atoms. The van der Waals surface area contributed by atoms with Crippen molar-refractivity contribution in [2.45, 2.75) is 12.8 Å². The highest BCUT2D eigenvalue weighted by Crippen LogP contribution is 2.04. The zero-order valence-electron chi connectivity index (χ0n) is 6.88. The molecule has 0 aliphatic heterocycles. The van der Waals surface area contributed by atoms with Gasteiger partial charge in [0.1, 0.15) is 0 Å². The standard InChI is InChI=1S/C12H10/c1-3-5-11-7-9-12(6-4-2)10-8-11/h1-2,7-10H,5-6H2. The van der Waals surface area contributed by atoms with Crippen molar-refractivity contribution >= 4 is 0 Å². The molecule has 1 rings (SSSR count). The molecule has 0 aromatic heterocycles. The van der Waals surface area contributed by atoms with E-state index < -0.39 is 0 Å². The molecule has 58 valence electrons. The van der Waals surface area contributed by atoms with Crippen LogP contribution in [0.2, 0.25) is 0 Å². The second-order valence-electron chi connectivity index (χ2n) is 2.58. The van der Waals surface area contributed by atoms with Gasteiger partial charge in [0, 0.05) is 12.8 Å². The fourth-order valence-corrected chi connectivity index (χ4v) is 1.01. The van der Waals surface area contributed by atoms with E-state index in [0.717, 1.165) is 0 Å². The minimum absolute atomic E-state index is 0.691. The first-order chi connectivity index (χ1) is 5.86. The van der Waals surface area contributed by atoms with Crippen LogP contribution in [-0.2, 0) is 12.8 Å². The van der Waals surface area contributed by atoms with Crippen LogP contribution in [0.15, 0.2) is 24.3 Å². The lowest BCUT2D eigenvalue weighted by atomic mass is 10.1. The summed E-state index contributed by atoms with van der Waals surface area (Å²) in [6.45, 7) is 0. The molecule has 1 aromatic carbocycles. The SMILES string of the molecule is C#CCc1ccc(CC#C)cc1. The molecule has 0 saturated carbocycles. The Labute approximate surface area is 73.6 Å². The van der Waals surface area contributed by atoms with Crippen LogP contribution in [0.1, 0.15) is 11.1 Å². The van der Waals surface area contributed by atoms with Gasteiger partial charge in [-0.15, -0.1) is 24.7 Å². The van der Waals surface area contributed by atoms with Gasteiger partial charge in [-0.25, -0.2) is 0 Å². The molecule has 0 radical (unpaired) electrons. The van der Waals surface area contributed by atoms with Crippen LogP contribution in [0, 0.1) is 24.7 Å². The van der Waals surface area contributed by atoms with Crippen LogP contribution in [0.25, 0.3) is 0 Å². The van der Waals surface area contributed by atoms with E-state index in [4.69, 9.17) is 12.8 Å². The van der Waals surface area contributed by atoms with Gasteiger partial charge in [0.05, 0.1) is 0 Å². The fourth-order valence-electron chi connectivity index (χ4n) is 1.01. The molecule has 0 atom stereocenters. The van der Waals surface area contributed by atoms with Crippen molar-refractivity contribution in [1.29, 1.82) is 0 Å². The van der Waals surface area contributed by atoms with Crippen molar-refractivity contribution < 1.29 is 0 Å². The largest absolute Gasteiger partial charge is 0.120 e. The minimum atomic E-state index is 0.691. The topological polar surface area (TPSA) is 0 Å². The molecule has 0 heteroatoms. The van der Waals surface area contributed by atoms with Crippen molar-refractivity contribution in [3.05, 3.63) is 35.4 Å². The number of hydrogen-bond donors (Lipinski definition) is 0. The molecular weight excluding hydrogens is 144 g/mol. The van der Waals surface area contributed by atoms with E-state index in [9.17, 15) is 0 Å². The van der Waals surface area contributed by atoms with Gasteiger partial charge in [-0.1, -0.05) is 24.3 Å². The number of hydrogen-bond acceptors (Lipinski definition) is 0. The number of terminal acetylenes is 2. The van der Waals surface area contributed by atoms with Gasteiger partial charge >= 0.3 is 0 Å². The van der Waals surface area contributed by atoms with Crippen LogP contribution in [-0.4, -0.2) is 0 Å². The average molecular weight is 154 g/mol. The van der Waals surface area contributed by atoms with E-state index in [1.165, 1.54) is 11.1 Å². The average Bonchev–Trinajstić information content (AvgIpc) is 2.09. The maximum Gasteiger partial charge on any atom is 0.0337 e. The van der Waals surface area contributed by atoms with Gasteiger partial charge in [0.15, 0.2) is 0 Å². The first kappa shape index (κ1) is 8.44. The predicted molar refractivity (Wildman–Crippen MR) is 51.5 cm³/mol. The van der Waals surface area contributed by atoms with Gasteiger partial charge in [-0.05, 0) is 11.1 Å². The Morgan fingerprint density at radius 2 is 1.17 bits per heavy atom. The summed E-state index contributed by atoms with van der Waals surface area (Å²) in [5.41, 5.74) is 2.33. The van der Waals surface area contributed by atoms with E-state index in [-0.39, 0.29) is 0 Å². The minimum Gasteiger partial charge on any atom is -0.120 e. The number of rotatable bonds is 2. The molecule has 0 heterocycles. The fraction of sp³-hybridized carbons (Fsp3) is 0.167. The molecule has 0 aliphatic rings. The van der Waals surface area contributed by atoms with E-state index in [1.54, 1.807) is 0 Å². The molecule has 0 amide bonds. The van der Waals surface area contributed by atoms with E-state index in [0.29, 0.717) is 12.8 Å². The lowest BCUT2D eigenvalue weighted by Gasteiger charge is -1.97. The Morgan fingerprint density at radius 3 is 1.42 bits per heavy atom. The van der Waals surface area contributed by atoms with Crippen LogP contribution in [0.4, 0.5) is 0 Å². The van der Waals surface area contributed by atoms with Crippen molar-refractivity contribution in [2.24, 2.45) is 0 Å². The third kappa shape index (κ3) is 2.19. The Morgan fingerprint density at radius 1 is 0.833 bits per heavy atom. The van der Waals surface area contributed by atoms with Crippen molar-refractivity contribution in [3.8, 4) is 24.7 Å². The lowest BCUT2D eigenvalue weighted by Crippen LogP contribution is -1.84. The third-order valence-electron chi connectivity index (χ3n) is 1.64. The summed E-state index contributed by atoms with van der Waals surface area (Å²) in [6.07, 6.45) is 11.7. The molecule has 0 spiro atoms. The lowest BCUT2D eigenvalue weighted by molar-refractivity contribution is 1.26. The Hall–Kier alpha value is -1.66. The molecule has 0 aliphatic carbocycles. The third-order valence-corrected chi connectivity index (χ3v) is 1.64. The smallest absolute Gasteiger partial charge is 0.0337 e. The van der Waals surface area contributed by atoms with Crippen LogP contribution in [0.3, 0.4) is 0 Å². The quantitative estimate of drug-likeness (QED) is 0.572. The molecule has 0 N–H and O–H groups in total. The number of benzene rings is 1. The van der Waals surface area contributed by atoms with Gasteiger partial charge in [0.2, 0.25) is 0 Å². The first-order valence-corrected chi connectivity index (χ1v) is 3.81. The highest BCUT2D eigenvalue weighted by molar-refractivity contribution is 5.27.